The van der Waals surface area contributed by atoms with E-state index in [-0.39, 0.29) is 0 Å². The van der Waals surface area contributed by atoms with Crippen LogP contribution in [0, 0.1) is 5.92 Å². The second-order valence-electron chi connectivity index (χ2n) is 3.98. The molecule has 0 saturated heterocycles. The fourth-order valence-corrected chi connectivity index (χ4v) is 2.16. The Morgan fingerprint density at radius 1 is 1.45 bits per heavy atom. The van der Waals surface area contributed by atoms with Gasteiger partial charge in [-0.25, -0.2) is 0 Å². The number of ether oxygens (including phenoxy) is 1. The Morgan fingerprint density at radius 2 is 2.27 bits per heavy atom. The Balaban J connectivity index is 2.14. The Bertz CT molecular complexity index is 193. The lowest BCUT2D eigenvalue weighted by atomic mass is 9.84. The lowest BCUT2D eigenvalue weighted by molar-refractivity contribution is 0.0876. The smallest absolute Gasteiger partial charge is 0.0795 e. The van der Waals surface area contributed by atoms with E-state index in [1.54, 1.807) is 5.57 Å². The average Bonchev–Trinajstić information content (AvgIpc) is 2.32. The molecule has 62 valence electrons. The van der Waals surface area contributed by atoms with Gasteiger partial charge in [0.15, 0.2) is 0 Å². The number of hydrogen-bond donors (Lipinski definition) is 0. The molecule has 2 atom stereocenters. The van der Waals surface area contributed by atoms with E-state index in [2.05, 4.69) is 13.8 Å². The largest absolute Gasteiger partial charge is 0.370 e. The van der Waals surface area contributed by atoms with E-state index in [1.165, 1.54) is 24.8 Å². The van der Waals surface area contributed by atoms with Crippen LogP contribution in [0.2, 0.25) is 0 Å². The van der Waals surface area contributed by atoms with E-state index in [4.69, 9.17) is 4.74 Å². The molecule has 1 unspecified atom stereocenters. The maximum absolute atomic E-state index is 5.67. The molecule has 1 nitrogen and oxygen atoms in total. The molecular weight excluding hydrogens is 136 g/mol. The minimum atomic E-state index is 0.499. The molecule has 2 rings (SSSR count). The molecule has 1 fully saturated rings. The summed E-state index contributed by atoms with van der Waals surface area (Å²) < 4.78 is 5.67. The van der Waals surface area contributed by atoms with Crippen molar-refractivity contribution in [1.82, 2.24) is 0 Å². The van der Waals surface area contributed by atoms with Crippen LogP contribution in [0.4, 0.5) is 0 Å². The molecule has 1 saturated carbocycles. The highest BCUT2D eigenvalue weighted by Crippen LogP contribution is 2.36. The van der Waals surface area contributed by atoms with E-state index in [9.17, 15) is 0 Å². The van der Waals surface area contributed by atoms with E-state index < -0.39 is 0 Å². The van der Waals surface area contributed by atoms with Crippen LogP contribution >= 0.6 is 0 Å². The molecule has 0 radical (unpaired) electrons. The van der Waals surface area contributed by atoms with Gasteiger partial charge in [-0.1, -0.05) is 6.92 Å². The van der Waals surface area contributed by atoms with Gasteiger partial charge in [0, 0.05) is 0 Å². The first kappa shape index (κ1) is 7.35. The number of fused-ring (bicyclic) bond motifs is 1. The van der Waals surface area contributed by atoms with Gasteiger partial charge in [0.25, 0.3) is 0 Å². The van der Waals surface area contributed by atoms with Crippen molar-refractivity contribution in [1.29, 1.82) is 0 Å². The lowest BCUT2D eigenvalue weighted by Crippen LogP contribution is -2.19. The first-order valence-corrected chi connectivity index (χ1v) is 4.57. The second kappa shape index (κ2) is 2.63. The van der Waals surface area contributed by atoms with Crippen molar-refractivity contribution in [2.75, 3.05) is 6.61 Å². The maximum atomic E-state index is 5.67. The monoisotopic (exact) mass is 152 g/mol. The Morgan fingerprint density at radius 3 is 3.09 bits per heavy atom. The fourth-order valence-electron chi connectivity index (χ4n) is 2.16. The van der Waals surface area contributed by atoms with E-state index >= 15 is 0 Å². The summed E-state index contributed by atoms with van der Waals surface area (Å²) in [5.41, 5.74) is 3.12. The van der Waals surface area contributed by atoms with Crippen LogP contribution in [0.5, 0.6) is 0 Å². The summed E-state index contributed by atoms with van der Waals surface area (Å²) in [5, 5.41) is 0. The Hall–Kier alpha value is -0.300. The highest BCUT2D eigenvalue weighted by Gasteiger charge is 2.29. The van der Waals surface area contributed by atoms with Gasteiger partial charge in [-0.3, -0.25) is 0 Å². The molecule has 1 aliphatic carbocycles. The summed E-state index contributed by atoms with van der Waals surface area (Å²) in [5.74, 6) is 0.870. The van der Waals surface area contributed by atoms with Gasteiger partial charge in [-0.2, -0.15) is 0 Å². The molecule has 0 amide bonds. The zero-order valence-electron chi connectivity index (χ0n) is 7.39. The van der Waals surface area contributed by atoms with Crippen molar-refractivity contribution in [3.63, 3.8) is 0 Å². The quantitative estimate of drug-likeness (QED) is 0.485. The molecule has 2 aliphatic rings. The van der Waals surface area contributed by atoms with E-state index in [0.29, 0.717) is 6.10 Å². The van der Waals surface area contributed by atoms with Gasteiger partial charge in [0.05, 0.1) is 12.7 Å². The summed E-state index contributed by atoms with van der Waals surface area (Å²) in [7, 11) is 0. The second-order valence-corrected chi connectivity index (χ2v) is 3.98. The van der Waals surface area contributed by atoms with Crippen LogP contribution in [0.25, 0.3) is 0 Å². The highest BCUT2D eigenvalue weighted by atomic mass is 16.5. The lowest BCUT2D eigenvalue weighted by Gasteiger charge is -2.25. The van der Waals surface area contributed by atoms with Gasteiger partial charge in [0.2, 0.25) is 0 Å². The van der Waals surface area contributed by atoms with E-state index in [0.717, 1.165) is 12.5 Å². The predicted octanol–water partition coefficient (Wildman–Crippen LogP) is 2.52. The van der Waals surface area contributed by atoms with E-state index in [1.807, 2.05) is 0 Å². The Kier molecular flexibility index (Phi) is 1.76. The zero-order valence-corrected chi connectivity index (χ0v) is 7.39. The molecule has 0 aromatic carbocycles. The standard InChI is InChI=1S/C10H16O/c1-7-3-4-9-8(2)6-11-10(9)5-7/h7,10H,3-6H2,1-2H3/t7-,10?/m1/s1. The number of rotatable bonds is 0. The molecule has 1 heterocycles. The molecule has 1 aliphatic heterocycles. The molecular formula is C10H16O. The first-order chi connectivity index (χ1) is 5.27. The molecule has 0 aromatic heterocycles. The Labute approximate surface area is 68.4 Å². The van der Waals surface area contributed by atoms with Crippen LogP contribution in [-0.4, -0.2) is 12.7 Å². The van der Waals surface area contributed by atoms with Crippen LogP contribution in [0.3, 0.4) is 0 Å². The van der Waals surface area contributed by atoms with Crippen molar-refractivity contribution in [2.24, 2.45) is 5.92 Å². The highest BCUT2D eigenvalue weighted by molar-refractivity contribution is 5.23. The zero-order chi connectivity index (χ0) is 7.84. The van der Waals surface area contributed by atoms with Gasteiger partial charge >= 0.3 is 0 Å². The normalized spacial score (nSPS) is 37.6. The summed E-state index contributed by atoms with van der Waals surface area (Å²) in [6, 6.07) is 0. The number of hydrogen-bond acceptors (Lipinski definition) is 1. The SMILES string of the molecule is CC1=C2CC[C@@H](C)CC2OC1. The maximum Gasteiger partial charge on any atom is 0.0795 e. The van der Waals surface area contributed by atoms with Crippen LogP contribution in [0.15, 0.2) is 11.1 Å². The molecule has 0 N–H and O–H groups in total. The van der Waals surface area contributed by atoms with Gasteiger partial charge in [0.1, 0.15) is 0 Å². The molecule has 0 aromatic rings. The molecule has 11 heavy (non-hydrogen) atoms. The van der Waals surface area contributed by atoms with Crippen LogP contribution in [-0.2, 0) is 4.74 Å². The van der Waals surface area contributed by atoms with Crippen molar-refractivity contribution < 1.29 is 4.74 Å². The predicted molar refractivity (Wildman–Crippen MR) is 45.5 cm³/mol. The summed E-state index contributed by atoms with van der Waals surface area (Å²) in [4.78, 5) is 0. The minimum Gasteiger partial charge on any atom is -0.370 e. The van der Waals surface area contributed by atoms with Gasteiger partial charge in [-0.05, 0) is 43.3 Å². The third-order valence-corrected chi connectivity index (χ3v) is 2.96. The molecule has 0 bridgehead atoms. The summed E-state index contributed by atoms with van der Waals surface area (Å²) >= 11 is 0. The van der Waals surface area contributed by atoms with Gasteiger partial charge in [-0.15, -0.1) is 0 Å². The van der Waals surface area contributed by atoms with Crippen LogP contribution in [0.1, 0.15) is 33.1 Å². The molecule has 0 spiro atoms. The first-order valence-electron chi connectivity index (χ1n) is 4.57. The van der Waals surface area contributed by atoms with Crippen molar-refractivity contribution in [3.8, 4) is 0 Å². The van der Waals surface area contributed by atoms with Crippen molar-refractivity contribution in [2.45, 2.75) is 39.2 Å². The fraction of sp³-hybridized carbons (Fsp3) is 0.800. The van der Waals surface area contributed by atoms with Crippen molar-refractivity contribution in [3.05, 3.63) is 11.1 Å². The molecule has 1 heteroatoms. The third-order valence-electron chi connectivity index (χ3n) is 2.96. The third kappa shape index (κ3) is 1.22. The average molecular weight is 152 g/mol. The minimum absolute atomic E-state index is 0.499. The van der Waals surface area contributed by atoms with Gasteiger partial charge < -0.3 is 4.74 Å². The topological polar surface area (TPSA) is 9.23 Å². The van der Waals surface area contributed by atoms with Crippen LogP contribution < -0.4 is 0 Å². The summed E-state index contributed by atoms with van der Waals surface area (Å²) in [6.07, 6.45) is 4.41. The van der Waals surface area contributed by atoms with Crippen molar-refractivity contribution >= 4 is 0 Å². The summed E-state index contributed by atoms with van der Waals surface area (Å²) in [6.45, 7) is 5.44.